The summed E-state index contributed by atoms with van der Waals surface area (Å²) >= 11 is 0. The molecule has 1 saturated heterocycles. The monoisotopic (exact) mass is 387 g/mol. The number of aromatic nitrogens is 5. The number of para-hydroxylation sites is 1. The molecule has 0 bridgehead atoms. The molecule has 148 valence electrons. The van der Waals surface area contributed by atoms with Crippen LogP contribution in [-0.4, -0.2) is 50.2 Å². The van der Waals surface area contributed by atoms with Gasteiger partial charge in [-0.1, -0.05) is 17.3 Å². The van der Waals surface area contributed by atoms with Gasteiger partial charge in [0.25, 0.3) is 0 Å². The first-order valence-electron chi connectivity index (χ1n) is 10.2. The van der Waals surface area contributed by atoms with E-state index >= 15 is 0 Å². The third-order valence-corrected chi connectivity index (χ3v) is 5.69. The Labute approximate surface area is 170 Å². The van der Waals surface area contributed by atoms with E-state index in [-0.39, 0.29) is 0 Å². The molecule has 1 fully saturated rings. The lowest BCUT2D eigenvalue weighted by molar-refractivity contribution is 0.401. The summed E-state index contributed by atoms with van der Waals surface area (Å²) in [5.74, 6) is 0. The van der Waals surface area contributed by atoms with Crippen LogP contribution in [0.15, 0.2) is 67.3 Å². The molecule has 29 heavy (non-hydrogen) atoms. The van der Waals surface area contributed by atoms with Crippen molar-refractivity contribution < 1.29 is 0 Å². The van der Waals surface area contributed by atoms with E-state index in [0.717, 1.165) is 55.7 Å². The first-order chi connectivity index (χ1) is 14.4. The van der Waals surface area contributed by atoms with Crippen LogP contribution in [-0.2, 0) is 6.54 Å². The Morgan fingerprint density at radius 2 is 1.76 bits per heavy atom. The number of benzene rings is 2. The zero-order chi connectivity index (χ0) is 19.5. The molecule has 0 amide bonds. The fourth-order valence-corrected chi connectivity index (χ4v) is 4.05. The molecule has 3 heterocycles. The Hall–Kier alpha value is -3.19. The van der Waals surface area contributed by atoms with Gasteiger partial charge in [-0.3, -0.25) is 0 Å². The Kier molecular flexibility index (Phi) is 4.96. The second-order valence-electron chi connectivity index (χ2n) is 7.50. The minimum absolute atomic E-state index is 0.561. The van der Waals surface area contributed by atoms with Crippen LogP contribution in [0, 0.1) is 0 Å². The third kappa shape index (κ3) is 3.86. The number of nitrogens with one attached hydrogen (secondary N) is 1. The summed E-state index contributed by atoms with van der Waals surface area (Å²) in [5.41, 5.74) is 4.49. The average Bonchev–Trinajstić information content (AvgIpc) is 3.45. The molecule has 0 aliphatic carbocycles. The first kappa shape index (κ1) is 17.9. The van der Waals surface area contributed by atoms with Gasteiger partial charge in [-0.15, -0.1) is 5.10 Å². The molecule has 5 rings (SSSR count). The third-order valence-electron chi connectivity index (χ3n) is 5.69. The lowest BCUT2D eigenvalue weighted by atomic mass is 10.0. The zero-order valence-electron chi connectivity index (χ0n) is 16.4. The summed E-state index contributed by atoms with van der Waals surface area (Å²) in [6.45, 7) is 3.91. The lowest BCUT2D eigenvalue weighted by Crippen LogP contribution is -2.43. The fourth-order valence-electron chi connectivity index (χ4n) is 4.05. The molecule has 0 atom stereocenters. The van der Waals surface area contributed by atoms with Crippen molar-refractivity contribution in [2.24, 2.45) is 0 Å². The van der Waals surface area contributed by atoms with Crippen LogP contribution in [0.25, 0.3) is 16.7 Å². The van der Waals surface area contributed by atoms with E-state index in [1.54, 1.807) is 6.20 Å². The van der Waals surface area contributed by atoms with E-state index in [1.165, 1.54) is 5.69 Å². The molecule has 0 unspecified atom stereocenters. The van der Waals surface area contributed by atoms with E-state index in [0.29, 0.717) is 6.04 Å². The topological polar surface area (TPSA) is 63.8 Å². The number of imidazole rings is 1. The summed E-state index contributed by atoms with van der Waals surface area (Å²) in [6, 6.07) is 17.4. The van der Waals surface area contributed by atoms with Crippen molar-refractivity contribution in [3.63, 3.8) is 0 Å². The van der Waals surface area contributed by atoms with Gasteiger partial charge in [0.15, 0.2) is 0 Å². The largest absolute Gasteiger partial charge is 0.371 e. The molecule has 0 spiro atoms. The standard InChI is InChI=1S/C22H25N7/c1-2-4-22-21(3-1)25-26-29(22)16-12-24-18-9-13-27(14-10-18)19-5-7-20(8-6-19)28-15-11-23-17-28/h1-8,11,15,17-18,24H,9-10,12-14,16H2. The van der Waals surface area contributed by atoms with Crippen molar-refractivity contribution in [2.75, 3.05) is 24.5 Å². The van der Waals surface area contributed by atoms with Crippen LogP contribution in [0.3, 0.4) is 0 Å². The summed E-state index contributed by atoms with van der Waals surface area (Å²) < 4.78 is 4.01. The van der Waals surface area contributed by atoms with Gasteiger partial charge >= 0.3 is 0 Å². The number of piperidine rings is 1. The smallest absolute Gasteiger partial charge is 0.113 e. The van der Waals surface area contributed by atoms with Gasteiger partial charge in [0.05, 0.1) is 18.4 Å². The Bertz CT molecular complexity index is 1040. The summed E-state index contributed by atoms with van der Waals surface area (Å²) in [6.07, 6.45) is 7.91. The maximum Gasteiger partial charge on any atom is 0.113 e. The van der Waals surface area contributed by atoms with Crippen molar-refractivity contribution in [1.82, 2.24) is 29.9 Å². The van der Waals surface area contributed by atoms with E-state index < -0.39 is 0 Å². The molecule has 7 nitrogen and oxygen atoms in total. The van der Waals surface area contributed by atoms with Crippen molar-refractivity contribution in [1.29, 1.82) is 0 Å². The highest BCUT2D eigenvalue weighted by Crippen LogP contribution is 2.21. The molecule has 1 aliphatic rings. The molecule has 0 radical (unpaired) electrons. The van der Waals surface area contributed by atoms with Crippen LogP contribution in [0.5, 0.6) is 0 Å². The molecule has 1 N–H and O–H groups in total. The quantitative estimate of drug-likeness (QED) is 0.551. The first-order valence-corrected chi connectivity index (χ1v) is 10.2. The minimum atomic E-state index is 0.561. The maximum atomic E-state index is 4.27. The average molecular weight is 387 g/mol. The van der Waals surface area contributed by atoms with Crippen LogP contribution in [0.2, 0.25) is 0 Å². The van der Waals surface area contributed by atoms with Gasteiger partial charge in [0.2, 0.25) is 0 Å². The van der Waals surface area contributed by atoms with Crippen LogP contribution in [0.4, 0.5) is 5.69 Å². The normalized spacial score (nSPS) is 15.2. The van der Waals surface area contributed by atoms with E-state index in [1.807, 2.05) is 40.0 Å². The second kappa shape index (κ2) is 8.05. The molecule has 0 saturated carbocycles. The SMILES string of the molecule is c1ccc2c(c1)nnn2CCNC1CCN(c2ccc(-n3ccnc3)cc2)CC1. The highest BCUT2D eigenvalue weighted by atomic mass is 15.4. The molecule has 2 aromatic heterocycles. The van der Waals surface area contributed by atoms with Gasteiger partial charge in [-0.25, -0.2) is 9.67 Å². The van der Waals surface area contributed by atoms with E-state index in [4.69, 9.17) is 0 Å². The van der Waals surface area contributed by atoms with Crippen molar-refractivity contribution >= 4 is 16.7 Å². The van der Waals surface area contributed by atoms with Crippen molar-refractivity contribution in [2.45, 2.75) is 25.4 Å². The summed E-state index contributed by atoms with van der Waals surface area (Å²) in [4.78, 5) is 6.58. The highest BCUT2D eigenvalue weighted by Gasteiger charge is 2.19. The van der Waals surface area contributed by atoms with Crippen molar-refractivity contribution in [3.8, 4) is 5.69 Å². The Morgan fingerprint density at radius 3 is 2.55 bits per heavy atom. The summed E-state index contributed by atoms with van der Waals surface area (Å²) in [7, 11) is 0. The molecule has 7 heteroatoms. The second-order valence-corrected chi connectivity index (χ2v) is 7.50. The number of fused-ring (bicyclic) bond motifs is 1. The predicted molar refractivity (Wildman–Crippen MR) is 114 cm³/mol. The van der Waals surface area contributed by atoms with E-state index in [2.05, 4.69) is 55.8 Å². The van der Waals surface area contributed by atoms with E-state index in [9.17, 15) is 0 Å². The Balaban J connectivity index is 1.11. The van der Waals surface area contributed by atoms with Crippen LogP contribution < -0.4 is 10.2 Å². The van der Waals surface area contributed by atoms with Gasteiger partial charge in [-0.2, -0.15) is 0 Å². The van der Waals surface area contributed by atoms with Crippen molar-refractivity contribution in [3.05, 3.63) is 67.3 Å². The highest BCUT2D eigenvalue weighted by molar-refractivity contribution is 5.73. The number of nitrogens with zero attached hydrogens (tertiary/aromatic N) is 6. The van der Waals surface area contributed by atoms with Gasteiger partial charge in [0, 0.05) is 49.4 Å². The van der Waals surface area contributed by atoms with Gasteiger partial charge in [-0.05, 0) is 49.2 Å². The van der Waals surface area contributed by atoms with Crippen LogP contribution >= 0.6 is 0 Å². The molecule has 1 aliphatic heterocycles. The van der Waals surface area contributed by atoms with Crippen LogP contribution in [0.1, 0.15) is 12.8 Å². The fraction of sp³-hybridized carbons (Fsp3) is 0.318. The maximum absolute atomic E-state index is 4.27. The molecular formula is C22H25N7. The molecular weight excluding hydrogens is 362 g/mol. The number of anilines is 1. The molecule has 2 aromatic carbocycles. The number of hydrogen-bond acceptors (Lipinski definition) is 5. The van der Waals surface area contributed by atoms with Gasteiger partial charge in [0.1, 0.15) is 5.52 Å². The summed E-state index contributed by atoms with van der Waals surface area (Å²) in [5, 5.41) is 12.2. The minimum Gasteiger partial charge on any atom is -0.371 e. The molecule has 4 aromatic rings. The van der Waals surface area contributed by atoms with Gasteiger partial charge < -0.3 is 14.8 Å². The zero-order valence-corrected chi connectivity index (χ0v) is 16.4. The Morgan fingerprint density at radius 1 is 0.966 bits per heavy atom. The number of hydrogen-bond donors (Lipinski definition) is 1. The predicted octanol–water partition coefficient (Wildman–Crippen LogP) is 2.88. The lowest BCUT2D eigenvalue weighted by Gasteiger charge is -2.34. The number of rotatable bonds is 6.